The molecule has 0 saturated heterocycles. The third-order valence-electron chi connectivity index (χ3n) is 3.30. The van der Waals surface area contributed by atoms with E-state index in [1.807, 2.05) is 12.1 Å². The minimum Gasteiger partial charge on any atom is -0.458 e. The molecule has 2 rings (SSSR count). The Labute approximate surface area is 182 Å². The van der Waals surface area contributed by atoms with Crippen molar-refractivity contribution in [2.45, 2.75) is 39.1 Å². The summed E-state index contributed by atoms with van der Waals surface area (Å²) >= 11 is 0. The molecular formula is C23H32O8. The Morgan fingerprint density at radius 3 is 1.45 bits per heavy atom. The van der Waals surface area contributed by atoms with Gasteiger partial charge in [0.2, 0.25) is 0 Å². The Morgan fingerprint density at radius 1 is 0.742 bits per heavy atom. The maximum Gasteiger partial charge on any atom is 0.338 e. The lowest BCUT2D eigenvalue weighted by molar-refractivity contribution is 0.00448. The first-order valence-corrected chi connectivity index (χ1v) is 9.77. The summed E-state index contributed by atoms with van der Waals surface area (Å²) in [6.07, 6.45) is -1.63. The Morgan fingerprint density at radius 2 is 1.10 bits per heavy atom. The summed E-state index contributed by atoms with van der Waals surface area (Å²) in [6.45, 7) is 4.48. The molecule has 3 unspecified atom stereocenters. The van der Waals surface area contributed by atoms with Crippen molar-refractivity contribution in [3.8, 4) is 0 Å². The van der Waals surface area contributed by atoms with Crippen LogP contribution in [0.1, 0.15) is 41.5 Å². The van der Waals surface area contributed by atoms with Crippen LogP contribution in [0.4, 0.5) is 0 Å². The number of ether oxygens (including phenoxy) is 2. The second-order valence-corrected chi connectivity index (χ2v) is 6.61. The van der Waals surface area contributed by atoms with Crippen LogP contribution in [-0.2, 0) is 9.47 Å². The predicted octanol–water partition coefficient (Wildman–Crippen LogP) is 1.81. The van der Waals surface area contributed by atoms with E-state index in [0.717, 1.165) is 0 Å². The van der Waals surface area contributed by atoms with Gasteiger partial charge in [0.05, 0.1) is 36.5 Å². The molecule has 2 aromatic rings. The Hall–Kier alpha value is -2.78. The van der Waals surface area contributed by atoms with Gasteiger partial charge in [0, 0.05) is 0 Å². The summed E-state index contributed by atoms with van der Waals surface area (Å²) in [6, 6.07) is 17.4. The highest BCUT2D eigenvalue weighted by molar-refractivity contribution is 5.90. The molecule has 0 spiro atoms. The zero-order chi connectivity index (χ0) is 23.6. The van der Waals surface area contributed by atoms with Gasteiger partial charge in [-0.3, -0.25) is 0 Å². The van der Waals surface area contributed by atoms with Crippen molar-refractivity contribution in [2.24, 2.45) is 0 Å². The van der Waals surface area contributed by atoms with Crippen LogP contribution in [0.15, 0.2) is 60.7 Å². The molecule has 2 aromatic carbocycles. The van der Waals surface area contributed by atoms with Gasteiger partial charge in [-0.05, 0) is 45.0 Å². The molecule has 0 fully saturated rings. The first kappa shape index (κ1) is 28.2. The van der Waals surface area contributed by atoms with Crippen molar-refractivity contribution >= 4 is 11.9 Å². The van der Waals surface area contributed by atoms with Crippen molar-refractivity contribution in [1.29, 1.82) is 0 Å². The fourth-order valence-electron chi connectivity index (χ4n) is 1.71. The minimum atomic E-state index is -0.560. The largest absolute Gasteiger partial charge is 0.458 e. The normalized spacial score (nSPS) is 12.6. The number of hydrogen-bond donors (Lipinski definition) is 4. The van der Waals surface area contributed by atoms with Crippen molar-refractivity contribution in [3.05, 3.63) is 71.8 Å². The van der Waals surface area contributed by atoms with Crippen LogP contribution < -0.4 is 0 Å². The average Bonchev–Trinajstić information content (AvgIpc) is 2.79. The van der Waals surface area contributed by atoms with Gasteiger partial charge in [0.15, 0.2) is 0 Å². The van der Waals surface area contributed by atoms with Crippen molar-refractivity contribution < 1.29 is 39.5 Å². The average molecular weight is 437 g/mol. The van der Waals surface area contributed by atoms with Crippen LogP contribution in [0.3, 0.4) is 0 Å². The van der Waals surface area contributed by atoms with E-state index in [0.29, 0.717) is 11.1 Å². The van der Waals surface area contributed by atoms with Gasteiger partial charge in [-0.25, -0.2) is 9.59 Å². The molecule has 31 heavy (non-hydrogen) atoms. The quantitative estimate of drug-likeness (QED) is 0.483. The van der Waals surface area contributed by atoms with E-state index in [4.69, 9.17) is 29.9 Å². The SMILES string of the molecule is CC(COC(=O)c1ccccc1)OC(=O)c1ccccc1.CC(O)CO.CC(O)CO. The highest BCUT2D eigenvalue weighted by Crippen LogP contribution is 2.06. The number of carbonyl (C=O) groups is 2. The van der Waals surface area contributed by atoms with Crippen LogP contribution in [0.25, 0.3) is 0 Å². The maximum absolute atomic E-state index is 11.8. The maximum atomic E-state index is 11.8. The molecule has 0 amide bonds. The molecule has 0 aliphatic heterocycles. The third-order valence-corrected chi connectivity index (χ3v) is 3.30. The van der Waals surface area contributed by atoms with Gasteiger partial charge >= 0.3 is 11.9 Å². The number of aliphatic hydroxyl groups excluding tert-OH is 4. The predicted molar refractivity (Wildman–Crippen MR) is 116 cm³/mol. The fourth-order valence-corrected chi connectivity index (χ4v) is 1.71. The van der Waals surface area contributed by atoms with E-state index >= 15 is 0 Å². The van der Waals surface area contributed by atoms with Crippen LogP contribution in [0.2, 0.25) is 0 Å². The molecule has 8 nitrogen and oxygen atoms in total. The Bertz CT molecular complexity index is 709. The highest BCUT2D eigenvalue weighted by Gasteiger charge is 2.14. The zero-order valence-corrected chi connectivity index (χ0v) is 18.0. The Balaban J connectivity index is 0.000000752. The first-order chi connectivity index (χ1) is 14.7. The molecule has 0 aliphatic carbocycles. The number of carbonyl (C=O) groups excluding carboxylic acids is 2. The minimum absolute atomic E-state index is 0.0201. The topological polar surface area (TPSA) is 134 Å². The molecule has 3 atom stereocenters. The van der Waals surface area contributed by atoms with Crippen LogP contribution in [0, 0.1) is 0 Å². The molecule has 0 bridgehead atoms. The summed E-state index contributed by atoms with van der Waals surface area (Å²) < 4.78 is 10.3. The van der Waals surface area contributed by atoms with Crippen LogP contribution >= 0.6 is 0 Å². The summed E-state index contributed by atoms with van der Waals surface area (Å²) in [5.41, 5.74) is 0.942. The number of benzene rings is 2. The number of rotatable bonds is 7. The molecule has 0 aromatic heterocycles. The smallest absolute Gasteiger partial charge is 0.338 e. The second kappa shape index (κ2) is 17.0. The van der Waals surface area contributed by atoms with Gasteiger partial charge in [-0.2, -0.15) is 0 Å². The van der Waals surface area contributed by atoms with E-state index in [2.05, 4.69) is 0 Å². The van der Waals surface area contributed by atoms with Gasteiger partial charge in [-0.15, -0.1) is 0 Å². The molecule has 172 valence electrons. The first-order valence-electron chi connectivity index (χ1n) is 9.77. The summed E-state index contributed by atoms with van der Waals surface area (Å²) in [5.74, 6) is -0.864. The van der Waals surface area contributed by atoms with E-state index < -0.39 is 30.3 Å². The van der Waals surface area contributed by atoms with E-state index in [1.165, 1.54) is 13.8 Å². The fraction of sp³-hybridized carbons (Fsp3) is 0.391. The van der Waals surface area contributed by atoms with E-state index in [9.17, 15) is 9.59 Å². The van der Waals surface area contributed by atoms with Crippen LogP contribution in [0.5, 0.6) is 0 Å². The number of hydrogen-bond acceptors (Lipinski definition) is 8. The number of esters is 2. The second-order valence-electron chi connectivity index (χ2n) is 6.61. The summed E-state index contributed by atoms with van der Waals surface area (Å²) in [7, 11) is 0. The lowest BCUT2D eigenvalue weighted by atomic mass is 10.2. The van der Waals surface area contributed by atoms with Gasteiger partial charge in [-0.1, -0.05) is 36.4 Å². The molecule has 0 saturated carbocycles. The molecule has 0 aliphatic rings. The standard InChI is InChI=1S/C17H16O4.2C3H8O2/c1-13(21-17(19)15-10-6-3-7-11-15)12-20-16(18)14-8-4-2-5-9-14;2*1-3(5)2-4/h2-11,13H,12H2,1H3;2*3-5H,2H2,1H3. The third kappa shape index (κ3) is 14.8. The molecule has 8 heteroatoms. The van der Waals surface area contributed by atoms with E-state index in [-0.39, 0.29) is 19.8 Å². The molecule has 4 N–H and O–H groups in total. The number of aliphatic hydroxyl groups is 4. The summed E-state index contributed by atoms with van der Waals surface area (Å²) in [4.78, 5) is 23.5. The lowest BCUT2D eigenvalue weighted by Gasteiger charge is -2.13. The van der Waals surface area contributed by atoms with Crippen LogP contribution in [-0.4, -0.2) is 70.5 Å². The molecule has 0 radical (unpaired) electrons. The van der Waals surface area contributed by atoms with Gasteiger partial charge in [0.25, 0.3) is 0 Å². The van der Waals surface area contributed by atoms with E-state index in [1.54, 1.807) is 55.5 Å². The van der Waals surface area contributed by atoms with Gasteiger partial charge < -0.3 is 29.9 Å². The molecule has 0 heterocycles. The summed E-state index contributed by atoms with van der Waals surface area (Å²) in [5, 5.41) is 32.0. The molecular weight excluding hydrogens is 404 g/mol. The lowest BCUT2D eigenvalue weighted by Crippen LogP contribution is -2.22. The zero-order valence-electron chi connectivity index (χ0n) is 18.0. The van der Waals surface area contributed by atoms with Crippen molar-refractivity contribution in [2.75, 3.05) is 19.8 Å². The Kier molecular flexibility index (Phi) is 15.4. The van der Waals surface area contributed by atoms with Crippen molar-refractivity contribution in [3.63, 3.8) is 0 Å². The highest BCUT2D eigenvalue weighted by atomic mass is 16.6. The van der Waals surface area contributed by atoms with Gasteiger partial charge in [0.1, 0.15) is 12.7 Å². The monoisotopic (exact) mass is 436 g/mol. The van der Waals surface area contributed by atoms with Crippen molar-refractivity contribution in [1.82, 2.24) is 0 Å².